The summed E-state index contributed by atoms with van der Waals surface area (Å²) in [4.78, 5) is 16.1. The summed E-state index contributed by atoms with van der Waals surface area (Å²) >= 11 is 0. The largest absolute Gasteiger partial charge is 0.473 e. The summed E-state index contributed by atoms with van der Waals surface area (Å²) in [7, 11) is 0. The van der Waals surface area contributed by atoms with Gasteiger partial charge < -0.3 is 14.5 Å². The lowest BCUT2D eigenvalue weighted by molar-refractivity contribution is 0.0741. The maximum Gasteiger partial charge on any atom is 0.256 e. The van der Waals surface area contributed by atoms with Gasteiger partial charge in [0.05, 0.1) is 5.56 Å². The first kappa shape index (κ1) is 19.5. The fraction of sp³-hybridized carbons (Fsp3) is 0.476. The second-order valence-corrected chi connectivity index (χ2v) is 7.51. The van der Waals surface area contributed by atoms with Crippen LogP contribution in [-0.4, -0.2) is 53.3 Å². The van der Waals surface area contributed by atoms with Crippen molar-refractivity contribution in [2.24, 2.45) is 0 Å². The molecule has 0 N–H and O–H groups in total. The highest BCUT2D eigenvalue weighted by Gasteiger charge is 2.25. The number of rotatable bonds is 4. The maximum absolute atomic E-state index is 13.9. The molecule has 2 fully saturated rings. The highest BCUT2D eigenvalue weighted by atomic mass is 19.1. The van der Waals surface area contributed by atoms with E-state index in [1.165, 1.54) is 25.3 Å². The topological polar surface area (TPSA) is 58.6 Å². The number of aromatic nitrogens is 2. The molecule has 0 unspecified atom stereocenters. The van der Waals surface area contributed by atoms with Crippen molar-refractivity contribution in [1.29, 1.82) is 0 Å². The molecule has 2 aliphatic rings. The number of carbonyl (C=O) groups excluding carboxylic acids is 1. The molecule has 2 heterocycles. The van der Waals surface area contributed by atoms with Crippen molar-refractivity contribution >= 4 is 11.7 Å². The van der Waals surface area contributed by atoms with Crippen LogP contribution in [0.3, 0.4) is 0 Å². The molecule has 6 nitrogen and oxygen atoms in total. The number of ether oxygens (including phenoxy) is 1. The molecule has 1 aromatic heterocycles. The molecule has 1 aromatic carbocycles. The Morgan fingerprint density at radius 2 is 1.72 bits per heavy atom. The second kappa shape index (κ2) is 8.71. The van der Waals surface area contributed by atoms with Gasteiger partial charge in [0.25, 0.3) is 5.91 Å². The van der Waals surface area contributed by atoms with Crippen molar-refractivity contribution in [3.8, 4) is 5.88 Å². The zero-order valence-corrected chi connectivity index (χ0v) is 16.2. The first-order valence-corrected chi connectivity index (χ1v) is 10.1. The predicted molar refractivity (Wildman–Crippen MR) is 104 cm³/mol. The van der Waals surface area contributed by atoms with E-state index in [4.69, 9.17) is 4.74 Å². The number of nitrogens with zero attached hydrogens (tertiary/aromatic N) is 4. The Bertz CT molecular complexity index is 848. The fourth-order valence-corrected chi connectivity index (χ4v) is 3.87. The van der Waals surface area contributed by atoms with Gasteiger partial charge in [-0.15, -0.1) is 10.2 Å². The summed E-state index contributed by atoms with van der Waals surface area (Å²) in [6, 6.07) is 6.73. The van der Waals surface area contributed by atoms with Crippen molar-refractivity contribution in [2.45, 2.75) is 38.2 Å². The van der Waals surface area contributed by atoms with Crippen LogP contribution in [0.25, 0.3) is 0 Å². The number of carbonyl (C=O) groups is 1. The molecule has 0 radical (unpaired) electrons. The number of anilines is 1. The smallest absolute Gasteiger partial charge is 0.256 e. The summed E-state index contributed by atoms with van der Waals surface area (Å²) in [6.07, 6.45) is 6.02. The standard InChI is InChI=1S/C21H24F2N4O2/c22-15-6-7-17(18(23)14-15)21(28)27-12-10-26(11-13-27)19-8-9-20(25-24-19)29-16-4-2-1-3-5-16/h6-9,14,16H,1-5,10-13H2. The van der Waals surface area contributed by atoms with Gasteiger partial charge in [0, 0.05) is 38.3 Å². The Balaban J connectivity index is 1.32. The molecule has 1 saturated heterocycles. The molecule has 1 aliphatic heterocycles. The van der Waals surface area contributed by atoms with E-state index in [-0.39, 0.29) is 11.7 Å². The third-order valence-corrected chi connectivity index (χ3v) is 5.52. The van der Waals surface area contributed by atoms with Crippen molar-refractivity contribution in [3.05, 3.63) is 47.5 Å². The molecule has 4 rings (SSSR count). The Hall–Kier alpha value is -2.77. The maximum atomic E-state index is 13.9. The summed E-state index contributed by atoms with van der Waals surface area (Å²) in [6.45, 7) is 1.98. The summed E-state index contributed by atoms with van der Waals surface area (Å²) in [5, 5.41) is 8.46. The van der Waals surface area contributed by atoms with Crippen LogP contribution in [-0.2, 0) is 0 Å². The van der Waals surface area contributed by atoms with E-state index in [2.05, 4.69) is 10.2 Å². The molecular weight excluding hydrogens is 378 g/mol. The number of hydrogen-bond donors (Lipinski definition) is 0. The molecule has 0 spiro atoms. The van der Waals surface area contributed by atoms with Crippen LogP contribution in [0.2, 0.25) is 0 Å². The molecule has 154 valence electrons. The van der Waals surface area contributed by atoms with Gasteiger partial charge in [-0.05, 0) is 43.9 Å². The SMILES string of the molecule is O=C(c1ccc(F)cc1F)N1CCN(c2ccc(OC3CCCCC3)nn2)CC1. The molecule has 8 heteroatoms. The normalized spacial score (nSPS) is 18.0. The van der Waals surface area contributed by atoms with Crippen LogP contribution < -0.4 is 9.64 Å². The van der Waals surface area contributed by atoms with Gasteiger partial charge >= 0.3 is 0 Å². The molecule has 29 heavy (non-hydrogen) atoms. The van der Waals surface area contributed by atoms with E-state index in [1.54, 1.807) is 4.90 Å². The van der Waals surface area contributed by atoms with Crippen LogP contribution in [0.1, 0.15) is 42.5 Å². The van der Waals surface area contributed by atoms with Gasteiger partial charge in [-0.2, -0.15) is 0 Å². The Labute approximate surface area is 168 Å². The van der Waals surface area contributed by atoms with Crippen molar-refractivity contribution in [3.63, 3.8) is 0 Å². The van der Waals surface area contributed by atoms with E-state index in [9.17, 15) is 13.6 Å². The summed E-state index contributed by atoms with van der Waals surface area (Å²) in [5.74, 6) is -0.693. The van der Waals surface area contributed by atoms with Crippen LogP contribution in [0.4, 0.5) is 14.6 Å². The van der Waals surface area contributed by atoms with Gasteiger partial charge in [0.1, 0.15) is 17.7 Å². The number of hydrogen-bond acceptors (Lipinski definition) is 5. The van der Waals surface area contributed by atoms with Gasteiger partial charge in [0.15, 0.2) is 5.82 Å². The van der Waals surface area contributed by atoms with Gasteiger partial charge in [-0.1, -0.05) is 6.42 Å². The number of piperazine rings is 1. The monoisotopic (exact) mass is 402 g/mol. The third kappa shape index (κ3) is 4.63. The molecule has 1 aliphatic carbocycles. The third-order valence-electron chi connectivity index (χ3n) is 5.52. The zero-order chi connectivity index (χ0) is 20.2. The second-order valence-electron chi connectivity index (χ2n) is 7.51. The predicted octanol–water partition coefficient (Wildman–Crippen LogP) is 3.43. The molecule has 1 amide bonds. The lowest BCUT2D eigenvalue weighted by atomic mass is 9.98. The number of halogens is 2. The Morgan fingerprint density at radius 3 is 2.38 bits per heavy atom. The fourth-order valence-electron chi connectivity index (χ4n) is 3.87. The van der Waals surface area contributed by atoms with E-state index < -0.39 is 17.5 Å². The van der Waals surface area contributed by atoms with Crippen LogP contribution >= 0.6 is 0 Å². The van der Waals surface area contributed by atoms with Crippen molar-refractivity contribution in [2.75, 3.05) is 31.1 Å². The van der Waals surface area contributed by atoms with Crippen LogP contribution in [0.5, 0.6) is 5.88 Å². The molecule has 1 saturated carbocycles. The van der Waals surface area contributed by atoms with E-state index in [0.717, 1.165) is 30.8 Å². The van der Waals surface area contributed by atoms with Gasteiger partial charge in [0.2, 0.25) is 5.88 Å². The number of amides is 1. The quantitative estimate of drug-likeness (QED) is 0.784. The number of benzene rings is 1. The first-order chi connectivity index (χ1) is 14.1. The average Bonchev–Trinajstić information content (AvgIpc) is 2.75. The summed E-state index contributed by atoms with van der Waals surface area (Å²) < 4.78 is 32.8. The lowest BCUT2D eigenvalue weighted by Gasteiger charge is -2.35. The average molecular weight is 402 g/mol. The van der Waals surface area contributed by atoms with E-state index in [1.807, 2.05) is 17.0 Å². The first-order valence-electron chi connectivity index (χ1n) is 10.1. The van der Waals surface area contributed by atoms with Crippen molar-refractivity contribution in [1.82, 2.24) is 15.1 Å². The van der Waals surface area contributed by atoms with E-state index >= 15 is 0 Å². The van der Waals surface area contributed by atoms with Crippen molar-refractivity contribution < 1.29 is 18.3 Å². The van der Waals surface area contributed by atoms with Crippen LogP contribution in [0.15, 0.2) is 30.3 Å². The summed E-state index contributed by atoms with van der Waals surface area (Å²) in [5.41, 5.74) is -0.108. The van der Waals surface area contributed by atoms with Crippen LogP contribution in [0, 0.1) is 11.6 Å². The van der Waals surface area contributed by atoms with E-state index in [0.29, 0.717) is 32.1 Å². The molecule has 2 aromatic rings. The highest BCUT2D eigenvalue weighted by molar-refractivity contribution is 5.94. The van der Waals surface area contributed by atoms with Gasteiger partial charge in [-0.3, -0.25) is 4.79 Å². The molecule has 0 bridgehead atoms. The minimum atomic E-state index is -0.836. The molecule has 0 atom stereocenters. The highest BCUT2D eigenvalue weighted by Crippen LogP contribution is 2.23. The minimum absolute atomic E-state index is 0.108. The Morgan fingerprint density at radius 1 is 0.966 bits per heavy atom. The minimum Gasteiger partial charge on any atom is -0.473 e. The Kier molecular flexibility index (Phi) is 5.87. The lowest BCUT2D eigenvalue weighted by Crippen LogP contribution is -2.49. The molecular formula is C21H24F2N4O2. The zero-order valence-electron chi connectivity index (χ0n) is 16.2. The van der Waals surface area contributed by atoms with Gasteiger partial charge in [-0.25, -0.2) is 8.78 Å².